The minimum absolute atomic E-state index is 0.130. The van der Waals surface area contributed by atoms with Crippen LogP contribution in [0.4, 0.5) is 0 Å². The monoisotopic (exact) mass is 264 g/mol. The summed E-state index contributed by atoms with van der Waals surface area (Å²) in [5.74, 6) is -0.191. The average molecular weight is 264 g/mol. The third kappa shape index (κ3) is 3.10. The van der Waals surface area contributed by atoms with Crippen LogP contribution in [0.2, 0.25) is 0 Å². The molecule has 0 bridgehead atoms. The maximum atomic E-state index is 11.7. The number of para-hydroxylation sites is 1. The highest BCUT2D eigenvalue weighted by molar-refractivity contribution is 7.99. The molecule has 0 unspecified atom stereocenters. The molecule has 0 radical (unpaired) electrons. The van der Waals surface area contributed by atoms with Gasteiger partial charge in [-0.25, -0.2) is 4.98 Å². The fraction of sp³-hybridized carbons (Fsp3) is 0.250. The molecule has 0 aliphatic carbocycles. The van der Waals surface area contributed by atoms with Crippen LogP contribution in [0.1, 0.15) is 12.8 Å². The second-order valence-electron chi connectivity index (χ2n) is 3.73. The quantitative estimate of drug-likeness (QED) is 0.489. The summed E-state index contributed by atoms with van der Waals surface area (Å²) in [4.78, 5) is 29.1. The van der Waals surface area contributed by atoms with E-state index in [1.165, 1.54) is 11.8 Å². The van der Waals surface area contributed by atoms with Gasteiger partial charge in [0.25, 0.3) is 5.56 Å². The molecule has 0 amide bonds. The molecule has 18 heavy (non-hydrogen) atoms. The van der Waals surface area contributed by atoms with Crippen molar-refractivity contribution in [3.8, 4) is 0 Å². The van der Waals surface area contributed by atoms with Crippen molar-refractivity contribution < 1.29 is 9.90 Å². The first kappa shape index (κ1) is 12.6. The summed E-state index contributed by atoms with van der Waals surface area (Å²) in [5, 5.41) is 9.61. The maximum absolute atomic E-state index is 11.7. The number of thioether (sulfide) groups is 1. The van der Waals surface area contributed by atoms with Gasteiger partial charge in [-0.3, -0.25) is 9.59 Å². The van der Waals surface area contributed by atoms with E-state index in [0.717, 1.165) is 0 Å². The number of aromatic nitrogens is 2. The molecule has 1 aromatic heterocycles. The Morgan fingerprint density at radius 1 is 1.39 bits per heavy atom. The Morgan fingerprint density at radius 2 is 2.17 bits per heavy atom. The van der Waals surface area contributed by atoms with E-state index < -0.39 is 5.97 Å². The van der Waals surface area contributed by atoms with Gasteiger partial charge in [-0.05, 0) is 18.6 Å². The average Bonchev–Trinajstić information content (AvgIpc) is 2.35. The summed E-state index contributed by atoms with van der Waals surface area (Å²) in [5.41, 5.74) is 0.489. The predicted molar refractivity (Wildman–Crippen MR) is 70.0 cm³/mol. The van der Waals surface area contributed by atoms with Gasteiger partial charge >= 0.3 is 5.97 Å². The molecule has 1 heterocycles. The Bertz CT molecular complexity index is 624. The van der Waals surface area contributed by atoms with Crippen molar-refractivity contribution in [1.82, 2.24) is 9.97 Å². The third-order valence-electron chi connectivity index (χ3n) is 2.36. The molecule has 2 N–H and O–H groups in total. The molecule has 0 fully saturated rings. The molecule has 0 saturated carbocycles. The van der Waals surface area contributed by atoms with Crippen LogP contribution in [0.15, 0.2) is 34.2 Å². The molecular formula is C12H12N2O3S. The first-order chi connectivity index (χ1) is 8.66. The highest BCUT2D eigenvalue weighted by Crippen LogP contribution is 2.15. The van der Waals surface area contributed by atoms with Gasteiger partial charge in [0.05, 0.1) is 10.9 Å². The fourth-order valence-corrected chi connectivity index (χ4v) is 2.34. The number of carboxylic acid groups (broad SMARTS) is 1. The Balaban J connectivity index is 2.10. The zero-order valence-electron chi connectivity index (χ0n) is 9.55. The normalized spacial score (nSPS) is 10.7. The summed E-state index contributed by atoms with van der Waals surface area (Å²) in [7, 11) is 0. The molecule has 94 valence electrons. The van der Waals surface area contributed by atoms with E-state index in [4.69, 9.17) is 5.11 Å². The van der Waals surface area contributed by atoms with Crippen molar-refractivity contribution in [2.45, 2.75) is 18.0 Å². The largest absolute Gasteiger partial charge is 0.481 e. The van der Waals surface area contributed by atoms with Crippen LogP contribution in [0.25, 0.3) is 10.9 Å². The second-order valence-corrected chi connectivity index (χ2v) is 4.82. The van der Waals surface area contributed by atoms with Crippen molar-refractivity contribution in [2.24, 2.45) is 0 Å². The van der Waals surface area contributed by atoms with Gasteiger partial charge in [0.1, 0.15) is 0 Å². The molecule has 1 aromatic carbocycles. The van der Waals surface area contributed by atoms with E-state index in [-0.39, 0.29) is 12.0 Å². The lowest BCUT2D eigenvalue weighted by molar-refractivity contribution is -0.137. The summed E-state index contributed by atoms with van der Waals surface area (Å²) < 4.78 is 0. The number of aromatic amines is 1. The SMILES string of the molecule is O=C(O)CCCSc1nc2ccccc2c(=O)[nH]1. The van der Waals surface area contributed by atoms with Crippen molar-refractivity contribution in [1.29, 1.82) is 0 Å². The summed E-state index contributed by atoms with van der Waals surface area (Å²) in [6, 6.07) is 7.12. The van der Waals surface area contributed by atoms with Gasteiger partial charge in [0, 0.05) is 12.2 Å². The van der Waals surface area contributed by atoms with Crippen LogP contribution in [0.3, 0.4) is 0 Å². The van der Waals surface area contributed by atoms with Crippen LogP contribution in [-0.4, -0.2) is 26.8 Å². The number of carbonyl (C=O) groups is 1. The van der Waals surface area contributed by atoms with E-state index in [0.29, 0.717) is 28.2 Å². The third-order valence-corrected chi connectivity index (χ3v) is 3.32. The second kappa shape index (κ2) is 5.68. The number of nitrogens with one attached hydrogen (secondary N) is 1. The molecule has 5 nitrogen and oxygen atoms in total. The number of hydrogen-bond donors (Lipinski definition) is 2. The van der Waals surface area contributed by atoms with Crippen molar-refractivity contribution in [2.75, 3.05) is 5.75 Å². The van der Waals surface area contributed by atoms with E-state index in [9.17, 15) is 9.59 Å². The van der Waals surface area contributed by atoms with E-state index in [1.807, 2.05) is 6.07 Å². The number of fused-ring (bicyclic) bond motifs is 1. The number of hydrogen-bond acceptors (Lipinski definition) is 4. The maximum Gasteiger partial charge on any atom is 0.303 e. The molecule has 0 spiro atoms. The minimum atomic E-state index is -0.810. The number of rotatable bonds is 5. The number of benzene rings is 1. The van der Waals surface area contributed by atoms with Gasteiger partial charge in [0.15, 0.2) is 5.16 Å². The van der Waals surface area contributed by atoms with Gasteiger partial charge in [-0.1, -0.05) is 23.9 Å². The molecule has 2 rings (SSSR count). The molecule has 0 atom stereocenters. The van der Waals surface area contributed by atoms with Crippen molar-refractivity contribution >= 4 is 28.6 Å². The zero-order chi connectivity index (χ0) is 13.0. The lowest BCUT2D eigenvalue weighted by Crippen LogP contribution is -2.09. The molecule has 0 saturated heterocycles. The Hall–Kier alpha value is -1.82. The minimum Gasteiger partial charge on any atom is -0.481 e. The summed E-state index contributed by atoms with van der Waals surface area (Å²) in [6.07, 6.45) is 0.682. The van der Waals surface area contributed by atoms with Crippen LogP contribution in [-0.2, 0) is 4.79 Å². The van der Waals surface area contributed by atoms with Gasteiger partial charge in [0.2, 0.25) is 0 Å². The predicted octanol–water partition coefficient (Wildman–Crippen LogP) is 1.88. The highest BCUT2D eigenvalue weighted by Gasteiger charge is 2.04. The summed E-state index contributed by atoms with van der Waals surface area (Å²) >= 11 is 1.36. The van der Waals surface area contributed by atoms with E-state index in [2.05, 4.69) is 9.97 Å². The van der Waals surface area contributed by atoms with Crippen LogP contribution >= 0.6 is 11.8 Å². The topological polar surface area (TPSA) is 83.0 Å². The summed E-state index contributed by atoms with van der Waals surface area (Å²) in [6.45, 7) is 0. The number of carboxylic acids is 1. The smallest absolute Gasteiger partial charge is 0.303 e. The highest BCUT2D eigenvalue weighted by atomic mass is 32.2. The van der Waals surface area contributed by atoms with Gasteiger partial charge in [-0.15, -0.1) is 0 Å². The molecule has 0 aliphatic rings. The Kier molecular flexibility index (Phi) is 3.99. The lowest BCUT2D eigenvalue weighted by atomic mass is 10.2. The van der Waals surface area contributed by atoms with Crippen molar-refractivity contribution in [3.63, 3.8) is 0 Å². The van der Waals surface area contributed by atoms with Gasteiger partial charge in [-0.2, -0.15) is 0 Å². The number of H-pyrrole nitrogens is 1. The zero-order valence-corrected chi connectivity index (χ0v) is 10.4. The fourth-order valence-electron chi connectivity index (χ4n) is 1.53. The molecule has 0 aliphatic heterocycles. The molecule has 2 aromatic rings. The first-order valence-electron chi connectivity index (χ1n) is 5.50. The number of nitrogens with zero attached hydrogens (tertiary/aromatic N) is 1. The standard InChI is InChI=1S/C12H12N2O3S/c15-10(16)6-3-7-18-12-13-9-5-2-1-4-8(9)11(17)14-12/h1-2,4-5H,3,6-7H2,(H,15,16)(H,13,14,17). The number of aliphatic carboxylic acids is 1. The lowest BCUT2D eigenvalue weighted by Gasteiger charge is -2.01. The van der Waals surface area contributed by atoms with Crippen LogP contribution < -0.4 is 5.56 Å². The van der Waals surface area contributed by atoms with Gasteiger partial charge < -0.3 is 10.1 Å². The van der Waals surface area contributed by atoms with Crippen molar-refractivity contribution in [3.05, 3.63) is 34.6 Å². The van der Waals surface area contributed by atoms with Crippen LogP contribution in [0, 0.1) is 0 Å². The molecular weight excluding hydrogens is 252 g/mol. The molecule has 6 heteroatoms. The first-order valence-corrected chi connectivity index (χ1v) is 6.49. The Morgan fingerprint density at radius 3 is 2.94 bits per heavy atom. The van der Waals surface area contributed by atoms with E-state index in [1.54, 1.807) is 18.2 Å². The Labute approximate surface area is 107 Å². The van der Waals surface area contributed by atoms with E-state index >= 15 is 0 Å². The van der Waals surface area contributed by atoms with Crippen LogP contribution in [0.5, 0.6) is 0 Å².